The zero-order valence-electron chi connectivity index (χ0n) is 16.6. The van der Waals surface area contributed by atoms with Crippen LogP contribution in [0.2, 0.25) is 0 Å². The number of nitrogens with zero attached hydrogens (tertiary/aromatic N) is 1. The van der Waals surface area contributed by atoms with Crippen molar-refractivity contribution in [3.8, 4) is 17.2 Å². The fourth-order valence-electron chi connectivity index (χ4n) is 3.21. The van der Waals surface area contributed by atoms with E-state index in [2.05, 4.69) is 5.32 Å². The number of nitro groups is 1. The van der Waals surface area contributed by atoms with E-state index in [1.54, 1.807) is 0 Å². The molecule has 1 N–H and O–H groups in total. The van der Waals surface area contributed by atoms with E-state index >= 15 is 0 Å². The average Bonchev–Trinajstić information content (AvgIpc) is 2.95. The van der Waals surface area contributed by atoms with Crippen LogP contribution >= 0.6 is 0 Å². The molecule has 1 atom stereocenters. The smallest absolute Gasteiger partial charge is 0.311 e. The molecule has 0 saturated carbocycles. The SMILES string of the molecule is COc1ccc(C(=O)N[C@H](c2ccc3c(c2)OCCCO3)C(C)C)cc1[N+](=O)[O-]. The highest BCUT2D eigenvalue weighted by Crippen LogP contribution is 2.34. The fraction of sp³-hybridized carbons (Fsp3) is 0.381. The van der Waals surface area contributed by atoms with Crippen molar-refractivity contribution >= 4 is 11.6 Å². The minimum atomic E-state index is -0.570. The largest absolute Gasteiger partial charge is 0.490 e. The van der Waals surface area contributed by atoms with Gasteiger partial charge in [0.25, 0.3) is 5.91 Å². The summed E-state index contributed by atoms with van der Waals surface area (Å²) >= 11 is 0. The Balaban J connectivity index is 1.86. The van der Waals surface area contributed by atoms with E-state index in [-0.39, 0.29) is 29.0 Å². The zero-order valence-corrected chi connectivity index (χ0v) is 16.6. The summed E-state index contributed by atoms with van der Waals surface area (Å²) in [6.07, 6.45) is 0.810. The highest BCUT2D eigenvalue weighted by atomic mass is 16.6. The number of rotatable bonds is 6. The summed E-state index contributed by atoms with van der Waals surface area (Å²) < 4.78 is 16.4. The van der Waals surface area contributed by atoms with Crippen molar-refractivity contribution in [1.82, 2.24) is 5.32 Å². The summed E-state index contributed by atoms with van der Waals surface area (Å²) in [5, 5.41) is 14.2. The first-order chi connectivity index (χ1) is 13.9. The third kappa shape index (κ3) is 4.59. The molecule has 2 aromatic rings. The van der Waals surface area contributed by atoms with Crippen LogP contribution in [0.4, 0.5) is 5.69 Å². The normalized spacial score (nSPS) is 14.1. The molecule has 2 aromatic carbocycles. The van der Waals surface area contributed by atoms with E-state index in [1.807, 2.05) is 32.0 Å². The summed E-state index contributed by atoms with van der Waals surface area (Å²) in [4.78, 5) is 23.5. The molecule has 154 valence electrons. The molecule has 1 amide bonds. The number of fused-ring (bicyclic) bond motifs is 1. The molecule has 0 aromatic heterocycles. The summed E-state index contributed by atoms with van der Waals surface area (Å²) in [7, 11) is 1.35. The quantitative estimate of drug-likeness (QED) is 0.583. The second-order valence-electron chi connectivity index (χ2n) is 7.10. The Morgan fingerprint density at radius 2 is 1.86 bits per heavy atom. The Morgan fingerprint density at radius 1 is 1.14 bits per heavy atom. The number of methoxy groups -OCH3 is 1. The number of amides is 1. The second-order valence-corrected chi connectivity index (χ2v) is 7.10. The maximum absolute atomic E-state index is 12.8. The highest BCUT2D eigenvalue weighted by Gasteiger charge is 2.24. The maximum Gasteiger partial charge on any atom is 0.311 e. The molecule has 29 heavy (non-hydrogen) atoms. The molecule has 0 radical (unpaired) electrons. The van der Waals surface area contributed by atoms with Crippen molar-refractivity contribution in [1.29, 1.82) is 0 Å². The van der Waals surface area contributed by atoms with Gasteiger partial charge in [-0.05, 0) is 35.7 Å². The van der Waals surface area contributed by atoms with Crippen molar-refractivity contribution in [2.75, 3.05) is 20.3 Å². The number of nitrogens with one attached hydrogen (secondary N) is 1. The summed E-state index contributed by atoms with van der Waals surface area (Å²) in [5.41, 5.74) is 0.815. The Kier molecular flexibility index (Phi) is 6.21. The van der Waals surface area contributed by atoms with Crippen LogP contribution in [0.15, 0.2) is 36.4 Å². The van der Waals surface area contributed by atoms with Crippen LogP contribution in [0.5, 0.6) is 17.2 Å². The second kappa shape index (κ2) is 8.81. The van der Waals surface area contributed by atoms with Gasteiger partial charge in [0.1, 0.15) is 0 Å². The van der Waals surface area contributed by atoms with Crippen molar-refractivity contribution in [2.24, 2.45) is 5.92 Å². The molecule has 3 rings (SSSR count). The molecule has 1 heterocycles. The van der Waals surface area contributed by atoms with Crippen LogP contribution in [0.25, 0.3) is 0 Å². The molecule has 0 bridgehead atoms. The summed E-state index contributed by atoms with van der Waals surface area (Å²) in [5.74, 6) is 1.12. The van der Waals surface area contributed by atoms with Gasteiger partial charge in [-0.3, -0.25) is 14.9 Å². The Labute approximate surface area is 168 Å². The van der Waals surface area contributed by atoms with Gasteiger partial charge in [-0.25, -0.2) is 0 Å². The molecule has 8 nitrogen and oxygen atoms in total. The van der Waals surface area contributed by atoms with Crippen molar-refractivity contribution in [2.45, 2.75) is 26.3 Å². The first-order valence-electron chi connectivity index (χ1n) is 9.43. The predicted octanol–water partition coefficient (Wildman–Crippen LogP) is 3.89. The van der Waals surface area contributed by atoms with E-state index in [0.717, 1.165) is 12.0 Å². The average molecular weight is 400 g/mol. The van der Waals surface area contributed by atoms with Crippen LogP contribution < -0.4 is 19.5 Å². The van der Waals surface area contributed by atoms with Gasteiger partial charge in [0.05, 0.1) is 31.3 Å². The number of carbonyl (C=O) groups excluding carboxylic acids is 1. The minimum Gasteiger partial charge on any atom is -0.490 e. The Hall–Kier alpha value is -3.29. The molecular weight excluding hydrogens is 376 g/mol. The molecule has 0 spiro atoms. The molecule has 1 aliphatic rings. The monoisotopic (exact) mass is 400 g/mol. The number of benzene rings is 2. The summed E-state index contributed by atoms with van der Waals surface area (Å²) in [6, 6.07) is 9.46. The third-order valence-electron chi connectivity index (χ3n) is 4.72. The van der Waals surface area contributed by atoms with Crippen molar-refractivity contribution in [3.63, 3.8) is 0 Å². The van der Waals surface area contributed by atoms with E-state index in [9.17, 15) is 14.9 Å². The van der Waals surface area contributed by atoms with E-state index in [4.69, 9.17) is 14.2 Å². The lowest BCUT2D eigenvalue weighted by Crippen LogP contribution is -2.31. The molecule has 8 heteroatoms. The van der Waals surface area contributed by atoms with E-state index in [1.165, 1.54) is 25.3 Å². The molecule has 0 aliphatic carbocycles. The number of hydrogen-bond acceptors (Lipinski definition) is 6. The maximum atomic E-state index is 12.8. The third-order valence-corrected chi connectivity index (χ3v) is 4.72. The zero-order chi connectivity index (χ0) is 21.0. The lowest BCUT2D eigenvalue weighted by atomic mass is 9.95. The highest BCUT2D eigenvalue weighted by molar-refractivity contribution is 5.95. The molecule has 0 fully saturated rings. The standard InChI is InChI=1S/C21H24N2O6/c1-13(2)20(14-5-8-18-19(12-14)29-10-4-9-28-18)22-21(24)15-6-7-17(27-3)16(11-15)23(25)26/h5-8,11-13,20H,4,9-10H2,1-3H3,(H,22,24)/t20-/m0/s1. The number of hydrogen-bond donors (Lipinski definition) is 1. The summed E-state index contributed by atoms with van der Waals surface area (Å²) in [6.45, 7) is 5.16. The topological polar surface area (TPSA) is 99.9 Å². The van der Waals surface area contributed by atoms with Gasteiger partial charge in [0.15, 0.2) is 17.2 Å². The van der Waals surface area contributed by atoms with Gasteiger partial charge in [0.2, 0.25) is 0 Å². The van der Waals surface area contributed by atoms with Crippen LogP contribution in [0, 0.1) is 16.0 Å². The lowest BCUT2D eigenvalue weighted by molar-refractivity contribution is -0.385. The van der Waals surface area contributed by atoms with E-state index < -0.39 is 10.8 Å². The van der Waals surface area contributed by atoms with Gasteiger partial charge >= 0.3 is 5.69 Å². The lowest BCUT2D eigenvalue weighted by Gasteiger charge is -2.24. The van der Waals surface area contributed by atoms with Gasteiger partial charge in [-0.1, -0.05) is 19.9 Å². The number of nitro benzene ring substituents is 1. The van der Waals surface area contributed by atoms with E-state index in [0.29, 0.717) is 24.7 Å². The first-order valence-corrected chi connectivity index (χ1v) is 9.43. The minimum absolute atomic E-state index is 0.0805. The van der Waals surface area contributed by atoms with Gasteiger partial charge in [-0.2, -0.15) is 0 Å². The van der Waals surface area contributed by atoms with Gasteiger partial charge in [0, 0.05) is 18.1 Å². The first kappa shape index (κ1) is 20.4. The Bertz CT molecular complexity index is 912. The van der Waals surface area contributed by atoms with Crippen molar-refractivity contribution in [3.05, 3.63) is 57.6 Å². The van der Waals surface area contributed by atoms with Crippen molar-refractivity contribution < 1.29 is 23.9 Å². The number of carbonyl (C=O) groups is 1. The molecule has 1 aliphatic heterocycles. The van der Waals surface area contributed by atoms with Crippen LogP contribution in [-0.4, -0.2) is 31.2 Å². The molecule has 0 saturated heterocycles. The fourth-order valence-corrected chi connectivity index (χ4v) is 3.21. The molecule has 0 unspecified atom stereocenters. The predicted molar refractivity (Wildman–Crippen MR) is 107 cm³/mol. The van der Waals surface area contributed by atoms with Crippen LogP contribution in [0.3, 0.4) is 0 Å². The Morgan fingerprint density at radius 3 is 2.52 bits per heavy atom. The molecular formula is C21H24N2O6. The van der Waals surface area contributed by atoms with Gasteiger partial charge in [-0.15, -0.1) is 0 Å². The van der Waals surface area contributed by atoms with Crippen LogP contribution in [0.1, 0.15) is 42.2 Å². The van der Waals surface area contributed by atoms with Crippen LogP contribution in [-0.2, 0) is 0 Å². The van der Waals surface area contributed by atoms with Gasteiger partial charge < -0.3 is 19.5 Å². The number of ether oxygens (including phenoxy) is 3.